The van der Waals surface area contributed by atoms with Crippen LogP contribution in [0.3, 0.4) is 0 Å². The van der Waals surface area contributed by atoms with Crippen LogP contribution in [-0.2, 0) is 17.6 Å². The molecule has 0 aliphatic carbocycles. The third kappa shape index (κ3) is 5.24. The van der Waals surface area contributed by atoms with E-state index in [1.165, 1.54) is 5.56 Å². The second-order valence-corrected chi connectivity index (χ2v) is 6.28. The van der Waals surface area contributed by atoms with Gasteiger partial charge in [0.15, 0.2) is 0 Å². The molecule has 1 N–H and O–H groups in total. The van der Waals surface area contributed by atoms with E-state index in [2.05, 4.69) is 21.4 Å². The van der Waals surface area contributed by atoms with Crippen molar-refractivity contribution in [3.05, 3.63) is 96.1 Å². The Kier molecular flexibility index (Phi) is 6.48. The maximum Gasteiger partial charge on any atom is 0.227 e. The summed E-state index contributed by atoms with van der Waals surface area (Å²) in [6.45, 7) is 0.660. The molecule has 0 saturated carbocycles. The summed E-state index contributed by atoms with van der Waals surface area (Å²) in [5.41, 5.74) is 3.34. The fraction of sp³-hybridized carbons (Fsp3) is 0.227. The molecule has 3 aromatic rings. The number of pyridine rings is 2. The Morgan fingerprint density at radius 2 is 1.69 bits per heavy atom. The predicted molar refractivity (Wildman–Crippen MR) is 103 cm³/mol. The fourth-order valence-corrected chi connectivity index (χ4v) is 2.98. The lowest BCUT2D eigenvalue weighted by Gasteiger charge is -2.17. The third-order valence-corrected chi connectivity index (χ3v) is 4.37. The van der Waals surface area contributed by atoms with E-state index in [1.54, 1.807) is 18.6 Å². The lowest BCUT2D eigenvalue weighted by Crippen LogP contribution is -2.31. The Morgan fingerprint density at radius 3 is 2.42 bits per heavy atom. The SMILES string of the molecule is O=C(NCCCc1cccnc1)C(Cc1ccncc1)c1ccccc1. The fourth-order valence-electron chi connectivity index (χ4n) is 2.98. The van der Waals surface area contributed by atoms with Crippen LogP contribution >= 0.6 is 0 Å². The summed E-state index contributed by atoms with van der Waals surface area (Å²) in [7, 11) is 0. The maximum absolute atomic E-state index is 12.8. The van der Waals surface area contributed by atoms with Crippen molar-refractivity contribution in [2.75, 3.05) is 6.54 Å². The first kappa shape index (κ1) is 17.8. The van der Waals surface area contributed by atoms with E-state index in [9.17, 15) is 4.79 Å². The lowest BCUT2D eigenvalue weighted by molar-refractivity contribution is -0.122. The highest BCUT2D eigenvalue weighted by atomic mass is 16.1. The Labute approximate surface area is 154 Å². The van der Waals surface area contributed by atoms with Crippen LogP contribution in [-0.4, -0.2) is 22.4 Å². The Hall–Kier alpha value is -3.01. The molecule has 2 heterocycles. The molecule has 0 saturated heterocycles. The molecule has 1 aromatic carbocycles. The van der Waals surface area contributed by atoms with Gasteiger partial charge in [-0.1, -0.05) is 36.4 Å². The van der Waals surface area contributed by atoms with E-state index < -0.39 is 0 Å². The van der Waals surface area contributed by atoms with Crippen LogP contribution in [0, 0.1) is 0 Å². The van der Waals surface area contributed by atoms with Crippen molar-refractivity contribution in [1.82, 2.24) is 15.3 Å². The monoisotopic (exact) mass is 345 g/mol. The van der Waals surface area contributed by atoms with Gasteiger partial charge >= 0.3 is 0 Å². The summed E-state index contributed by atoms with van der Waals surface area (Å²) in [6, 6.07) is 17.9. The van der Waals surface area contributed by atoms with Crippen LogP contribution in [0.15, 0.2) is 79.4 Å². The average Bonchev–Trinajstić information content (AvgIpc) is 2.71. The number of hydrogen-bond acceptors (Lipinski definition) is 3. The molecule has 26 heavy (non-hydrogen) atoms. The summed E-state index contributed by atoms with van der Waals surface area (Å²) >= 11 is 0. The Morgan fingerprint density at radius 1 is 0.885 bits per heavy atom. The number of aromatic nitrogens is 2. The summed E-state index contributed by atoms with van der Waals surface area (Å²) in [4.78, 5) is 21.0. The van der Waals surface area contributed by atoms with Crippen molar-refractivity contribution in [2.45, 2.75) is 25.2 Å². The van der Waals surface area contributed by atoms with Crippen molar-refractivity contribution < 1.29 is 4.79 Å². The van der Waals surface area contributed by atoms with Crippen molar-refractivity contribution in [2.24, 2.45) is 0 Å². The van der Waals surface area contributed by atoms with E-state index in [0.29, 0.717) is 13.0 Å². The van der Waals surface area contributed by atoms with Gasteiger partial charge in [-0.2, -0.15) is 0 Å². The number of benzene rings is 1. The van der Waals surface area contributed by atoms with Gasteiger partial charge in [0, 0.05) is 31.3 Å². The zero-order valence-electron chi connectivity index (χ0n) is 14.7. The smallest absolute Gasteiger partial charge is 0.227 e. The molecular formula is C22H23N3O. The first-order valence-corrected chi connectivity index (χ1v) is 8.93. The van der Waals surface area contributed by atoms with Gasteiger partial charge in [-0.05, 0) is 54.2 Å². The van der Waals surface area contributed by atoms with Crippen LogP contribution in [0.25, 0.3) is 0 Å². The standard InChI is InChI=1S/C22H23N3O/c26-22(25-13-5-7-19-6-4-12-24-17-19)21(20-8-2-1-3-9-20)16-18-10-14-23-15-11-18/h1-4,6,8-12,14-15,17,21H,5,7,13,16H2,(H,25,26). The molecule has 1 unspecified atom stereocenters. The molecule has 1 amide bonds. The summed E-state index contributed by atoms with van der Waals surface area (Å²) in [5.74, 6) is -0.129. The van der Waals surface area contributed by atoms with E-state index in [1.807, 2.05) is 54.7 Å². The summed E-state index contributed by atoms with van der Waals surface area (Å²) in [6.07, 6.45) is 9.66. The van der Waals surface area contributed by atoms with Crippen LogP contribution in [0.5, 0.6) is 0 Å². The molecule has 0 aliphatic rings. The van der Waals surface area contributed by atoms with Crippen LogP contribution in [0.2, 0.25) is 0 Å². The van der Waals surface area contributed by atoms with Gasteiger partial charge in [-0.3, -0.25) is 14.8 Å². The number of carbonyl (C=O) groups is 1. The summed E-state index contributed by atoms with van der Waals surface area (Å²) in [5, 5.41) is 3.10. The normalized spacial score (nSPS) is 11.7. The number of rotatable bonds is 8. The molecule has 0 aliphatic heterocycles. The number of nitrogens with one attached hydrogen (secondary N) is 1. The van der Waals surface area contributed by atoms with Gasteiger partial charge in [0.2, 0.25) is 5.91 Å². The molecule has 3 rings (SSSR count). The highest BCUT2D eigenvalue weighted by molar-refractivity contribution is 5.84. The minimum Gasteiger partial charge on any atom is -0.356 e. The van der Waals surface area contributed by atoms with E-state index in [-0.39, 0.29) is 11.8 Å². The zero-order valence-corrected chi connectivity index (χ0v) is 14.7. The van der Waals surface area contributed by atoms with Crippen LogP contribution in [0.1, 0.15) is 29.0 Å². The molecule has 4 nitrogen and oxygen atoms in total. The molecule has 4 heteroatoms. The van der Waals surface area contributed by atoms with Crippen molar-refractivity contribution in [3.8, 4) is 0 Å². The number of nitrogens with zero attached hydrogens (tertiary/aromatic N) is 2. The first-order valence-electron chi connectivity index (χ1n) is 8.93. The molecule has 0 radical (unpaired) electrons. The Balaban J connectivity index is 1.59. The van der Waals surface area contributed by atoms with Crippen molar-refractivity contribution >= 4 is 5.91 Å². The topological polar surface area (TPSA) is 54.9 Å². The highest BCUT2D eigenvalue weighted by Gasteiger charge is 2.20. The van der Waals surface area contributed by atoms with Crippen molar-refractivity contribution in [3.63, 3.8) is 0 Å². The summed E-state index contributed by atoms with van der Waals surface area (Å²) < 4.78 is 0. The van der Waals surface area contributed by atoms with Crippen LogP contribution < -0.4 is 5.32 Å². The van der Waals surface area contributed by atoms with Gasteiger partial charge in [-0.25, -0.2) is 0 Å². The molecule has 0 spiro atoms. The molecule has 0 fully saturated rings. The third-order valence-electron chi connectivity index (χ3n) is 4.37. The average molecular weight is 345 g/mol. The molecule has 0 bridgehead atoms. The highest BCUT2D eigenvalue weighted by Crippen LogP contribution is 2.21. The molecular weight excluding hydrogens is 322 g/mol. The number of aryl methyl sites for hydroxylation is 1. The second kappa shape index (κ2) is 9.47. The minimum absolute atomic E-state index is 0.0687. The van der Waals surface area contributed by atoms with E-state index in [4.69, 9.17) is 0 Å². The van der Waals surface area contributed by atoms with Gasteiger partial charge in [0.25, 0.3) is 0 Å². The van der Waals surface area contributed by atoms with E-state index in [0.717, 1.165) is 24.0 Å². The number of amides is 1. The number of carbonyl (C=O) groups excluding carboxylic acids is 1. The van der Waals surface area contributed by atoms with Gasteiger partial charge < -0.3 is 5.32 Å². The predicted octanol–water partition coefficient (Wildman–Crippen LogP) is 3.55. The maximum atomic E-state index is 12.8. The van der Waals surface area contributed by atoms with Gasteiger partial charge in [-0.15, -0.1) is 0 Å². The Bertz CT molecular complexity index is 791. The van der Waals surface area contributed by atoms with E-state index >= 15 is 0 Å². The van der Waals surface area contributed by atoms with Gasteiger partial charge in [0.05, 0.1) is 5.92 Å². The van der Waals surface area contributed by atoms with Crippen molar-refractivity contribution in [1.29, 1.82) is 0 Å². The zero-order chi connectivity index (χ0) is 18.0. The second-order valence-electron chi connectivity index (χ2n) is 6.28. The largest absolute Gasteiger partial charge is 0.356 e. The minimum atomic E-state index is -0.197. The van der Waals surface area contributed by atoms with Crippen LogP contribution in [0.4, 0.5) is 0 Å². The number of hydrogen-bond donors (Lipinski definition) is 1. The quantitative estimate of drug-likeness (QED) is 0.635. The molecule has 2 aromatic heterocycles. The first-order chi connectivity index (χ1) is 12.8. The lowest BCUT2D eigenvalue weighted by atomic mass is 9.91. The molecule has 1 atom stereocenters. The molecule has 132 valence electrons. The van der Waals surface area contributed by atoms with Gasteiger partial charge in [0.1, 0.15) is 0 Å².